The SMILES string of the molecule is CCC(CC)C(=O)/C=C(\O)C(CC)CC.[Ir].[c-]1c(-c2nccc3ccc4ccccc4c23)ccc2ccccc12.[c-]1c(-c2nccc3ccc4ccccc4c23)ccc2ccccc12. The number of aliphatic hydroxyl groups is 1. The smallest absolute Gasteiger partial charge is 0.162 e. The van der Waals surface area contributed by atoms with Crippen molar-refractivity contribution in [2.24, 2.45) is 11.8 Å². The van der Waals surface area contributed by atoms with Crippen LogP contribution in [0.1, 0.15) is 53.4 Å². The molecule has 10 aromatic rings. The summed E-state index contributed by atoms with van der Waals surface area (Å²) in [6, 6.07) is 62.0. The summed E-state index contributed by atoms with van der Waals surface area (Å²) in [5.41, 5.74) is 4.07. The van der Waals surface area contributed by atoms with Crippen molar-refractivity contribution in [2.75, 3.05) is 0 Å². The summed E-state index contributed by atoms with van der Waals surface area (Å²) >= 11 is 0. The van der Waals surface area contributed by atoms with Crippen LogP contribution in [0.5, 0.6) is 0 Å². The first-order chi connectivity index (χ1) is 30.9. The Hall–Kier alpha value is -6.52. The second-order valence-electron chi connectivity index (χ2n) is 16.0. The summed E-state index contributed by atoms with van der Waals surface area (Å²) in [6.07, 6.45) is 8.67. The van der Waals surface area contributed by atoms with Crippen LogP contribution < -0.4 is 0 Å². The van der Waals surface area contributed by atoms with E-state index in [1.54, 1.807) is 0 Å². The van der Waals surface area contributed by atoms with Gasteiger partial charge >= 0.3 is 0 Å². The predicted molar refractivity (Wildman–Crippen MR) is 266 cm³/mol. The summed E-state index contributed by atoms with van der Waals surface area (Å²) in [4.78, 5) is 21.1. The molecular weight excluding hydrogens is 961 g/mol. The summed E-state index contributed by atoms with van der Waals surface area (Å²) in [5, 5.41) is 24.2. The van der Waals surface area contributed by atoms with Crippen molar-refractivity contribution in [1.82, 2.24) is 9.97 Å². The number of nitrogens with zero attached hydrogens (tertiary/aromatic N) is 2. The maximum absolute atomic E-state index is 11.7. The maximum atomic E-state index is 11.7. The van der Waals surface area contributed by atoms with Crippen LogP contribution in [0.3, 0.4) is 0 Å². The summed E-state index contributed by atoms with van der Waals surface area (Å²) in [7, 11) is 0. The number of aliphatic hydroxyl groups excluding tert-OH is 1. The van der Waals surface area contributed by atoms with Crippen molar-refractivity contribution in [3.8, 4) is 22.5 Å². The van der Waals surface area contributed by atoms with Crippen molar-refractivity contribution in [3.05, 3.63) is 194 Å². The number of carbonyl (C=O) groups is 1. The fraction of sp³-hybridized carbons (Fsp3) is 0.169. The molecule has 0 spiro atoms. The van der Waals surface area contributed by atoms with Crippen molar-refractivity contribution < 1.29 is 30.0 Å². The van der Waals surface area contributed by atoms with Crippen LogP contribution in [-0.4, -0.2) is 20.9 Å². The third-order valence-electron chi connectivity index (χ3n) is 12.2. The Bertz CT molecular complexity index is 3040. The third kappa shape index (κ3) is 9.82. The van der Waals surface area contributed by atoms with Gasteiger partial charge < -0.3 is 5.11 Å². The molecule has 0 aliphatic rings. The molecule has 2 aromatic heterocycles. The van der Waals surface area contributed by atoms with E-state index in [1.807, 2.05) is 40.1 Å². The van der Waals surface area contributed by atoms with Gasteiger partial charge in [0.15, 0.2) is 5.78 Å². The number of rotatable bonds is 9. The molecule has 8 aromatic carbocycles. The fourth-order valence-electron chi connectivity index (χ4n) is 8.59. The molecule has 0 bridgehead atoms. The van der Waals surface area contributed by atoms with Gasteiger partial charge in [-0.3, -0.25) is 14.8 Å². The van der Waals surface area contributed by atoms with E-state index >= 15 is 0 Å². The minimum absolute atomic E-state index is 0. The van der Waals surface area contributed by atoms with Gasteiger partial charge in [-0.25, -0.2) is 0 Å². The largest absolute Gasteiger partial charge is 0.512 e. The average molecular weight is 1010 g/mol. The molecule has 0 fully saturated rings. The summed E-state index contributed by atoms with van der Waals surface area (Å²) in [5.74, 6) is 0.547. The van der Waals surface area contributed by atoms with E-state index in [4.69, 9.17) is 9.97 Å². The van der Waals surface area contributed by atoms with Crippen molar-refractivity contribution in [1.29, 1.82) is 0 Å². The van der Waals surface area contributed by atoms with Crippen molar-refractivity contribution >= 4 is 70.4 Å². The number of aromatic nitrogens is 2. The Balaban J connectivity index is 0.000000147. The van der Waals surface area contributed by atoms with Gasteiger partial charge in [-0.1, -0.05) is 159 Å². The first-order valence-electron chi connectivity index (χ1n) is 22.2. The first kappa shape index (κ1) is 45.5. The molecule has 0 unspecified atom stereocenters. The maximum Gasteiger partial charge on any atom is 0.162 e. The monoisotopic (exact) mass is 1010 g/mol. The zero-order chi connectivity index (χ0) is 43.7. The van der Waals surface area contributed by atoms with Gasteiger partial charge in [-0.15, -0.1) is 59.3 Å². The number of pyridine rings is 2. The van der Waals surface area contributed by atoms with Crippen molar-refractivity contribution in [2.45, 2.75) is 53.4 Å². The Morgan fingerprint density at radius 1 is 0.484 bits per heavy atom. The Morgan fingerprint density at radius 3 is 1.30 bits per heavy atom. The standard InChI is InChI=1S/2C23H14N.C13H24O2.Ir/c2*1-2-7-19-15-20(12-9-16(19)5-1)23-22-18(13-14-24-23)11-10-17-6-3-4-8-21(17)22;1-5-10(6-2)12(14)9-13(15)11(7-3)8-4;/h2*1-14H;9-11,14H,5-8H2,1-4H3;/q2*-1;;/b;;12-9-;. The molecule has 0 aliphatic carbocycles. The Labute approximate surface area is 390 Å². The Kier molecular flexibility index (Phi) is 15.1. The van der Waals surface area contributed by atoms with Crippen molar-refractivity contribution in [3.63, 3.8) is 0 Å². The fourth-order valence-corrected chi connectivity index (χ4v) is 8.59. The van der Waals surface area contributed by atoms with Gasteiger partial charge in [-0.2, -0.15) is 0 Å². The van der Waals surface area contributed by atoms with Gasteiger partial charge in [0.05, 0.1) is 5.76 Å². The molecule has 0 saturated carbocycles. The number of fused-ring (bicyclic) bond motifs is 8. The molecule has 2 heterocycles. The Morgan fingerprint density at radius 2 is 0.859 bits per heavy atom. The number of benzene rings is 8. The molecule has 0 aliphatic heterocycles. The normalized spacial score (nSPS) is 11.4. The predicted octanol–water partition coefficient (Wildman–Crippen LogP) is 15.9. The van der Waals surface area contributed by atoms with E-state index in [-0.39, 0.29) is 43.5 Å². The van der Waals surface area contributed by atoms with E-state index in [1.165, 1.54) is 59.9 Å². The van der Waals surface area contributed by atoms with E-state index in [9.17, 15) is 9.90 Å². The third-order valence-corrected chi connectivity index (χ3v) is 12.2. The molecule has 4 nitrogen and oxygen atoms in total. The van der Waals surface area contributed by atoms with Crippen LogP contribution in [0.25, 0.3) is 87.1 Å². The molecular formula is C59H52IrN2O2-2. The first-order valence-corrected chi connectivity index (χ1v) is 22.2. The van der Waals surface area contributed by atoms with Gasteiger partial charge in [0.25, 0.3) is 0 Å². The van der Waals surface area contributed by atoms with Gasteiger partial charge in [0, 0.05) is 61.8 Å². The number of hydrogen-bond acceptors (Lipinski definition) is 4. The molecule has 64 heavy (non-hydrogen) atoms. The average Bonchev–Trinajstić information content (AvgIpc) is 3.34. The quantitative estimate of drug-likeness (QED) is 0.0677. The molecule has 0 amide bonds. The zero-order valence-corrected chi connectivity index (χ0v) is 39.2. The van der Waals surface area contributed by atoms with Gasteiger partial charge in [0.1, 0.15) is 0 Å². The van der Waals surface area contributed by atoms with Crippen LogP contribution in [0.4, 0.5) is 0 Å². The minimum atomic E-state index is 0. The summed E-state index contributed by atoms with van der Waals surface area (Å²) in [6.45, 7) is 8.07. The van der Waals surface area contributed by atoms with E-state index in [0.29, 0.717) is 0 Å². The van der Waals surface area contributed by atoms with E-state index in [0.717, 1.165) is 59.0 Å². The van der Waals surface area contributed by atoms with Crippen LogP contribution in [0, 0.1) is 24.0 Å². The van der Waals surface area contributed by atoms with Crippen LogP contribution in [0.2, 0.25) is 0 Å². The number of hydrogen-bond donors (Lipinski definition) is 1. The molecule has 1 N–H and O–H groups in total. The second-order valence-corrected chi connectivity index (χ2v) is 16.0. The molecule has 10 rings (SSSR count). The minimum Gasteiger partial charge on any atom is -0.512 e. The zero-order valence-electron chi connectivity index (χ0n) is 36.8. The summed E-state index contributed by atoms with van der Waals surface area (Å²) < 4.78 is 0. The van der Waals surface area contributed by atoms with Gasteiger partial charge in [0.2, 0.25) is 0 Å². The molecule has 0 saturated heterocycles. The number of ketones is 1. The molecule has 321 valence electrons. The molecule has 0 atom stereocenters. The molecule has 5 heteroatoms. The second kappa shape index (κ2) is 21.2. The topological polar surface area (TPSA) is 63.1 Å². The van der Waals surface area contributed by atoms with Crippen LogP contribution in [0.15, 0.2) is 182 Å². The van der Waals surface area contributed by atoms with E-state index < -0.39 is 0 Å². The van der Waals surface area contributed by atoms with Crippen LogP contribution in [-0.2, 0) is 24.9 Å². The number of carbonyl (C=O) groups excluding carboxylic acids is 1. The van der Waals surface area contributed by atoms with E-state index in [2.05, 4.69) is 170 Å². The van der Waals surface area contributed by atoms with Gasteiger partial charge in [-0.05, 0) is 80.9 Å². The number of allylic oxidation sites excluding steroid dienone is 2. The van der Waals surface area contributed by atoms with Crippen LogP contribution >= 0.6 is 0 Å². The molecule has 1 radical (unpaired) electrons.